The summed E-state index contributed by atoms with van der Waals surface area (Å²) >= 11 is 0. The Morgan fingerprint density at radius 3 is 2.33 bits per heavy atom. The zero-order valence-electron chi connectivity index (χ0n) is 10.7. The molecule has 0 spiro atoms. The molecule has 94 valence electrons. The summed E-state index contributed by atoms with van der Waals surface area (Å²) in [5.74, 6) is -0.479. The van der Waals surface area contributed by atoms with E-state index in [-0.39, 0.29) is 5.69 Å². The molecular formula is C14H16N2O2. The molecule has 0 aliphatic carbocycles. The summed E-state index contributed by atoms with van der Waals surface area (Å²) in [5.41, 5.74) is 3.07. The average molecular weight is 244 g/mol. The molecule has 0 saturated heterocycles. The number of carboxylic acid groups (broad SMARTS) is 1. The van der Waals surface area contributed by atoms with Gasteiger partial charge in [-0.1, -0.05) is 38.1 Å². The summed E-state index contributed by atoms with van der Waals surface area (Å²) in [7, 11) is 1.63. The first-order valence-electron chi connectivity index (χ1n) is 5.86. The molecular weight excluding hydrogens is 228 g/mol. The first-order valence-corrected chi connectivity index (χ1v) is 5.86. The third-order valence-electron chi connectivity index (χ3n) is 2.97. The van der Waals surface area contributed by atoms with Crippen molar-refractivity contribution in [3.8, 4) is 11.3 Å². The van der Waals surface area contributed by atoms with Crippen molar-refractivity contribution in [1.29, 1.82) is 0 Å². The van der Waals surface area contributed by atoms with Crippen LogP contribution in [-0.2, 0) is 7.05 Å². The van der Waals surface area contributed by atoms with E-state index < -0.39 is 5.97 Å². The molecule has 0 aliphatic rings. The van der Waals surface area contributed by atoms with Crippen molar-refractivity contribution in [3.63, 3.8) is 0 Å². The normalized spacial score (nSPS) is 10.9. The Labute approximate surface area is 106 Å². The first-order chi connectivity index (χ1) is 8.49. The molecule has 0 atom stereocenters. The van der Waals surface area contributed by atoms with E-state index in [9.17, 15) is 4.79 Å². The maximum absolute atomic E-state index is 10.9. The van der Waals surface area contributed by atoms with Crippen LogP contribution < -0.4 is 0 Å². The van der Waals surface area contributed by atoms with E-state index >= 15 is 0 Å². The van der Waals surface area contributed by atoms with Crippen LogP contribution in [0.5, 0.6) is 0 Å². The van der Waals surface area contributed by atoms with E-state index in [1.165, 1.54) is 10.2 Å². The van der Waals surface area contributed by atoms with Gasteiger partial charge in [0.25, 0.3) is 0 Å². The number of rotatable bonds is 3. The number of aromatic carboxylic acids is 1. The highest BCUT2D eigenvalue weighted by atomic mass is 16.4. The van der Waals surface area contributed by atoms with Crippen LogP contribution in [0.15, 0.2) is 30.3 Å². The Morgan fingerprint density at radius 1 is 1.28 bits per heavy atom. The SMILES string of the molecule is CC(C)c1ccc(-c2cc(C(=O)O)n(C)n2)cc1. The first kappa shape index (κ1) is 12.4. The van der Waals surface area contributed by atoms with Crippen molar-refractivity contribution >= 4 is 5.97 Å². The van der Waals surface area contributed by atoms with Crippen molar-refractivity contribution in [1.82, 2.24) is 9.78 Å². The van der Waals surface area contributed by atoms with Crippen LogP contribution in [-0.4, -0.2) is 20.9 Å². The third kappa shape index (κ3) is 2.27. The van der Waals surface area contributed by atoms with E-state index in [0.29, 0.717) is 11.6 Å². The molecule has 0 aliphatic heterocycles. The third-order valence-corrected chi connectivity index (χ3v) is 2.97. The summed E-state index contributed by atoms with van der Waals surface area (Å²) < 4.78 is 1.38. The van der Waals surface area contributed by atoms with E-state index in [2.05, 4.69) is 31.1 Å². The summed E-state index contributed by atoms with van der Waals surface area (Å²) in [4.78, 5) is 10.9. The quantitative estimate of drug-likeness (QED) is 0.903. The molecule has 1 aromatic heterocycles. The maximum atomic E-state index is 10.9. The molecule has 1 aromatic carbocycles. The van der Waals surface area contributed by atoms with E-state index in [1.807, 2.05) is 12.1 Å². The Hall–Kier alpha value is -2.10. The highest BCUT2D eigenvalue weighted by Gasteiger charge is 2.12. The smallest absolute Gasteiger partial charge is 0.354 e. The van der Waals surface area contributed by atoms with Gasteiger partial charge in [-0.25, -0.2) is 4.79 Å². The van der Waals surface area contributed by atoms with E-state index in [0.717, 1.165) is 5.56 Å². The molecule has 0 unspecified atom stereocenters. The van der Waals surface area contributed by atoms with Crippen LogP contribution in [0.1, 0.15) is 35.8 Å². The fourth-order valence-corrected chi connectivity index (χ4v) is 1.85. The molecule has 4 heteroatoms. The van der Waals surface area contributed by atoms with Crippen LogP contribution in [0.25, 0.3) is 11.3 Å². The summed E-state index contributed by atoms with van der Waals surface area (Å²) in [6, 6.07) is 9.64. The van der Waals surface area contributed by atoms with Crippen LogP contribution >= 0.6 is 0 Å². The Bertz CT molecular complexity index is 568. The second-order valence-electron chi connectivity index (χ2n) is 4.62. The molecule has 0 saturated carbocycles. The van der Waals surface area contributed by atoms with Crippen LogP contribution in [0, 0.1) is 0 Å². The molecule has 18 heavy (non-hydrogen) atoms. The Kier molecular flexibility index (Phi) is 3.19. The lowest BCUT2D eigenvalue weighted by molar-refractivity contribution is 0.0685. The van der Waals surface area contributed by atoms with Gasteiger partial charge in [-0.3, -0.25) is 4.68 Å². The van der Waals surface area contributed by atoms with Gasteiger partial charge in [0.05, 0.1) is 5.69 Å². The molecule has 0 bridgehead atoms. The number of carbonyl (C=O) groups is 1. The highest BCUT2D eigenvalue weighted by molar-refractivity contribution is 5.87. The number of carboxylic acids is 1. The van der Waals surface area contributed by atoms with Crippen molar-refractivity contribution < 1.29 is 9.90 Å². The highest BCUT2D eigenvalue weighted by Crippen LogP contribution is 2.22. The van der Waals surface area contributed by atoms with Gasteiger partial charge < -0.3 is 5.11 Å². The minimum atomic E-state index is -0.963. The predicted octanol–water partition coefficient (Wildman–Crippen LogP) is 2.91. The number of aromatic nitrogens is 2. The number of hydrogen-bond donors (Lipinski definition) is 1. The Morgan fingerprint density at radius 2 is 1.89 bits per heavy atom. The van der Waals surface area contributed by atoms with Crippen molar-refractivity contribution in [3.05, 3.63) is 41.6 Å². The predicted molar refractivity (Wildman–Crippen MR) is 69.7 cm³/mol. The number of hydrogen-bond acceptors (Lipinski definition) is 2. The van der Waals surface area contributed by atoms with Crippen molar-refractivity contribution in [2.75, 3.05) is 0 Å². The second kappa shape index (κ2) is 4.64. The molecule has 0 amide bonds. The fourth-order valence-electron chi connectivity index (χ4n) is 1.85. The molecule has 2 aromatic rings. The van der Waals surface area contributed by atoms with Gasteiger partial charge in [0.15, 0.2) is 0 Å². The van der Waals surface area contributed by atoms with Gasteiger partial charge in [0.2, 0.25) is 0 Å². The minimum absolute atomic E-state index is 0.193. The zero-order valence-corrected chi connectivity index (χ0v) is 10.7. The molecule has 0 radical (unpaired) electrons. The van der Waals surface area contributed by atoms with Gasteiger partial charge in [-0.15, -0.1) is 0 Å². The maximum Gasteiger partial charge on any atom is 0.354 e. The fraction of sp³-hybridized carbons (Fsp3) is 0.286. The number of benzene rings is 1. The standard InChI is InChI=1S/C14H16N2O2/c1-9(2)10-4-6-11(7-5-10)12-8-13(14(17)18)16(3)15-12/h4-9H,1-3H3,(H,17,18). The van der Waals surface area contributed by atoms with E-state index in [1.54, 1.807) is 13.1 Å². The lowest BCUT2D eigenvalue weighted by Crippen LogP contribution is -2.04. The molecule has 2 rings (SSSR count). The zero-order chi connectivity index (χ0) is 13.3. The minimum Gasteiger partial charge on any atom is -0.477 e. The van der Waals surface area contributed by atoms with Crippen LogP contribution in [0.4, 0.5) is 0 Å². The van der Waals surface area contributed by atoms with Crippen LogP contribution in [0.3, 0.4) is 0 Å². The molecule has 1 N–H and O–H groups in total. The molecule has 4 nitrogen and oxygen atoms in total. The van der Waals surface area contributed by atoms with Crippen LogP contribution in [0.2, 0.25) is 0 Å². The lowest BCUT2D eigenvalue weighted by Gasteiger charge is -2.05. The summed E-state index contributed by atoms with van der Waals surface area (Å²) in [5, 5.41) is 13.2. The molecule has 1 heterocycles. The topological polar surface area (TPSA) is 55.1 Å². The monoisotopic (exact) mass is 244 g/mol. The molecule has 0 fully saturated rings. The average Bonchev–Trinajstić information content (AvgIpc) is 2.71. The number of nitrogens with zero attached hydrogens (tertiary/aromatic N) is 2. The van der Waals surface area contributed by atoms with Gasteiger partial charge in [-0.05, 0) is 17.5 Å². The van der Waals surface area contributed by atoms with Gasteiger partial charge >= 0.3 is 5.97 Å². The Balaban J connectivity index is 2.37. The van der Waals surface area contributed by atoms with Gasteiger partial charge in [-0.2, -0.15) is 5.10 Å². The number of aryl methyl sites for hydroxylation is 1. The van der Waals surface area contributed by atoms with Gasteiger partial charge in [0.1, 0.15) is 5.69 Å². The van der Waals surface area contributed by atoms with Crippen molar-refractivity contribution in [2.45, 2.75) is 19.8 Å². The largest absolute Gasteiger partial charge is 0.477 e. The lowest BCUT2D eigenvalue weighted by atomic mass is 10.0. The van der Waals surface area contributed by atoms with Gasteiger partial charge in [0, 0.05) is 12.6 Å². The summed E-state index contributed by atoms with van der Waals surface area (Å²) in [6.07, 6.45) is 0. The van der Waals surface area contributed by atoms with Crippen molar-refractivity contribution in [2.24, 2.45) is 7.05 Å². The van der Waals surface area contributed by atoms with E-state index in [4.69, 9.17) is 5.11 Å². The second-order valence-corrected chi connectivity index (χ2v) is 4.62. The summed E-state index contributed by atoms with van der Waals surface area (Å²) in [6.45, 7) is 4.27.